The maximum Gasteiger partial charge on any atom is 0.303 e. The van der Waals surface area contributed by atoms with Crippen LogP contribution in [0.2, 0.25) is 0 Å². The Hall–Kier alpha value is -0.750. The van der Waals surface area contributed by atoms with Gasteiger partial charge in [0.15, 0.2) is 0 Å². The predicted molar refractivity (Wildman–Crippen MR) is 41.8 cm³/mol. The third kappa shape index (κ3) is 7.61. The van der Waals surface area contributed by atoms with Crippen LogP contribution < -0.4 is 5.32 Å². The second-order valence-corrected chi connectivity index (χ2v) is 2.60. The minimum Gasteiger partial charge on any atom is -0.481 e. The first-order valence-electron chi connectivity index (χ1n) is 3.92. The van der Waals surface area contributed by atoms with Crippen LogP contribution in [-0.4, -0.2) is 41.8 Å². The Morgan fingerprint density at radius 1 is 1.46 bits per heavy atom. The van der Waals surface area contributed by atoms with Crippen molar-refractivity contribution in [2.24, 2.45) is 0 Å². The highest BCUT2D eigenvalue weighted by molar-refractivity contribution is 5.66. The minimum absolute atomic E-state index is 0.00221. The fourth-order valence-electron chi connectivity index (χ4n) is 0.704. The number of nitrogens with one attached hydrogen (secondary N) is 1. The fourth-order valence-corrected chi connectivity index (χ4v) is 0.704. The highest BCUT2D eigenvalue weighted by Crippen LogP contribution is 1.98. The highest BCUT2D eigenvalue weighted by atomic mass is 19.3. The fraction of sp³-hybridized carbons (Fsp3) is 0.857. The molecule has 0 aliphatic heterocycles. The normalized spacial score (nSPS) is 13.2. The Morgan fingerprint density at radius 2 is 2.08 bits per heavy atom. The molecule has 0 aromatic rings. The Bertz CT molecular complexity index is 155. The van der Waals surface area contributed by atoms with E-state index in [-0.39, 0.29) is 13.0 Å². The Morgan fingerprint density at radius 3 is 2.54 bits per heavy atom. The molecular formula is C7H13F2NO3. The summed E-state index contributed by atoms with van der Waals surface area (Å²) in [5.41, 5.74) is 0. The zero-order valence-corrected chi connectivity index (χ0v) is 7.04. The molecule has 6 heteroatoms. The standard InChI is InChI=1S/C7H13F2NO3/c8-7(9)5(11)4-10-3-1-2-6(12)13/h5,7,10-11H,1-4H2,(H,12,13). The van der Waals surface area contributed by atoms with Gasteiger partial charge in [-0.15, -0.1) is 0 Å². The number of carboxylic acids is 1. The van der Waals surface area contributed by atoms with E-state index in [4.69, 9.17) is 10.2 Å². The van der Waals surface area contributed by atoms with Gasteiger partial charge in [-0.05, 0) is 13.0 Å². The number of hydrogen-bond donors (Lipinski definition) is 3. The number of rotatable bonds is 7. The third-order valence-corrected chi connectivity index (χ3v) is 1.39. The summed E-state index contributed by atoms with van der Waals surface area (Å²) in [6, 6.07) is 0. The van der Waals surface area contributed by atoms with Crippen molar-refractivity contribution in [3.8, 4) is 0 Å². The van der Waals surface area contributed by atoms with Crippen LogP contribution in [0.25, 0.3) is 0 Å². The topological polar surface area (TPSA) is 69.6 Å². The van der Waals surface area contributed by atoms with E-state index in [1.165, 1.54) is 0 Å². The summed E-state index contributed by atoms with van der Waals surface area (Å²) >= 11 is 0. The molecule has 0 aromatic heterocycles. The predicted octanol–water partition coefficient (Wildman–Crippen LogP) is 0.0668. The van der Waals surface area contributed by atoms with Gasteiger partial charge in [-0.3, -0.25) is 4.79 Å². The lowest BCUT2D eigenvalue weighted by Crippen LogP contribution is -2.32. The van der Waals surface area contributed by atoms with Crippen LogP contribution in [0, 0.1) is 0 Å². The van der Waals surface area contributed by atoms with E-state index in [1.807, 2.05) is 0 Å². The molecular weight excluding hydrogens is 184 g/mol. The van der Waals surface area contributed by atoms with Gasteiger partial charge >= 0.3 is 5.97 Å². The van der Waals surface area contributed by atoms with Crippen molar-refractivity contribution in [1.82, 2.24) is 5.32 Å². The molecule has 0 rings (SSSR count). The number of halogens is 2. The molecule has 0 aromatic carbocycles. The Labute approximate surface area is 74.6 Å². The summed E-state index contributed by atoms with van der Waals surface area (Å²) in [4.78, 5) is 10.0. The van der Waals surface area contributed by atoms with Gasteiger partial charge < -0.3 is 15.5 Å². The molecule has 0 radical (unpaired) electrons. The van der Waals surface area contributed by atoms with Gasteiger partial charge in [-0.25, -0.2) is 8.78 Å². The van der Waals surface area contributed by atoms with E-state index in [0.29, 0.717) is 13.0 Å². The molecule has 0 bridgehead atoms. The van der Waals surface area contributed by atoms with E-state index >= 15 is 0 Å². The van der Waals surface area contributed by atoms with E-state index in [1.54, 1.807) is 0 Å². The van der Waals surface area contributed by atoms with Gasteiger partial charge in [-0.1, -0.05) is 0 Å². The van der Waals surface area contributed by atoms with Crippen LogP contribution in [0.5, 0.6) is 0 Å². The average Bonchev–Trinajstić information content (AvgIpc) is 2.02. The highest BCUT2D eigenvalue weighted by Gasteiger charge is 2.15. The molecule has 0 fully saturated rings. The van der Waals surface area contributed by atoms with E-state index in [9.17, 15) is 13.6 Å². The molecule has 0 saturated heterocycles. The second kappa shape index (κ2) is 6.73. The number of aliphatic carboxylic acids is 1. The molecule has 0 aliphatic rings. The largest absolute Gasteiger partial charge is 0.481 e. The number of carboxylic acid groups (broad SMARTS) is 1. The summed E-state index contributed by atoms with van der Waals surface area (Å²) in [6.07, 6.45) is -4.07. The number of hydrogen-bond acceptors (Lipinski definition) is 3. The molecule has 0 aliphatic carbocycles. The second-order valence-electron chi connectivity index (χ2n) is 2.60. The maximum atomic E-state index is 11.7. The number of aliphatic hydroxyl groups excluding tert-OH is 1. The van der Waals surface area contributed by atoms with Crippen LogP contribution in [0.1, 0.15) is 12.8 Å². The van der Waals surface area contributed by atoms with Crippen molar-refractivity contribution in [2.75, 3.05) is 13.1 Å². The molecule has 78 valence electrons. The van der Waals surface area contributed by atoms with Crippen molar-refractivity contribution in [3.63, 3.8) is 0 Å². The van der Waals surface area contributed by atoms with Gasteiger partial charge in [-0.2, -0.15) is 0 Å². The first kappa shape index (κ1) is 12.2. The van der Waals surface area contributed by atoms with Gasteiger partial charge in [0.1, 0.15) is 6.10 Å². The zero-order chi connectivity index (χ0) is 10.3. The molecule has 0 saturated carbocycles. The Balaban J connectivity index is 3.21. The van der Waals surface area contributed by atoms with Crippen molar-refractivity contribution in [2.45, 2.75) is 25.4 Å². The van der Waals surface area contributed by atoms with Crippen LogP contribution in [0.4, 0.5) is 8.78 Å². The lowest BCUT2D eigenvalue weighted by molar-refractivity contribution is -0.137. The minimum atomic E-state index is -2.76. The van der Waals surface area contributed by atoms with Crippen LogP contribution in [0.15, 0.2) is 0 Å². The first-order chi connectivity index (χ1) is 6.04. The summed E-state index contributed by atoms with van der Waals surface area (Å²) < 4.78 is 23.4. The van der Waals surface area contributed by atoms with Crippen molar-refractivity contribution >= 4 is 5.97 Å². The smallest absolute Gasteiger partial charge is 0.303 e. The summed E-state index contributed by atoms with van der Waals surface area (Å²) in [7, 11) is 0. The van der Waals surface area contributed by atoms with Crippen LogP contribution in [-0.2, 0) is 4.79 Å². The maximum absolute atomic E-state index is 11.7. The van der Waals surface area contributed by atoms with E-state index < -0.39 is 18.5 Å². The SMILES string of the molecule is O=C(O)CCCNCC(O)C(F)F. The van der Waals surface area contributed by atoms with Crippen LogP contribution >= 0.6 is 0 Å². The summed E-state index contributed by atoms with van der Waals surface area (Å²) in [6.45, 7) is 0.105. The summed E-state index contributed by atoms with van der Waals surface area (Å²) in [5.74, 6) is -0.920. The molecule has 0 spiro atoms. The van der Waals surface area contributed by atoms with E-state index in [2.05, 4.69) is 5.32 Å². The lowest BCUT2D eigenvalue weighted by Gasteiger charge is -2.09. The van der Waals surface area contributed by atoms with Gasteiger partial charge in [0, 0.05) is 13.0 Å². The van der Waals surface area contributed by atoms with Crippen LogP contribution in [0.3, 0.4) is 0 Å². The molecule has 13 heavy (non-hydrogen) atoms. The Kier molecular flexibility index (Phi) is 6.34. The molecule has 1 atom stereocenters. The van der Waals surface area contributed by atoms with Crippen molar-refractivity contribution in [1.29, 1.82) is 0 Å². The lowest BCUT2D eigenvalue weighted by atomic mass is 10.3. The molecule has 4 nitrogen and oxygen atoms in total. The molecule has 0 amide bonds. The quantitative estimate of drug-likeness (QED) is 0.505. The molecule has 0 heterocycles. The van der Waals surface area contributed by atoms with Gasteiger partial charge in [0.05, 0.1) is 0 Å². The molecule has 1 unspecified atom stereocenters. The third-order valence-electron chi connectivity index (χ3n) is 1.39. The van der Waals surface area contributed by atoms with Gasteiger partial charge in [0.2, 0.25) is 0 Å². The average molecular weight is 197 g/mol. The van der Waals surface area contributed by atoms with E-state index in [0.717, 1.165) is 0 Å². The molecule has 3 N–H and O–H groups in total. The van der Waals surface area contributed by atoms with Crippen molar-refractivity contribution < 1.29 is 23.8 Å². The number of aliphatic hydroxyl groups is 1. The summed E-state index contributed by atoms with van der Waals surface area (Å²) in [5, 5.41) is 19.3. The number of alkyl halides is 2. The number of carbonyl (C=O) groups is 1. The first-order valence-corrected chi connectivity index (χ1v) is 3.92. The monoisotopic (exact) mass is 197 g/mol. The zero-order valence-electron chi connectivity index (χ0n) is 7.04. The van der Waals surface area contributed by atoms with Crippen molar-refractivity contribution in [3.05, 3.63) is 0 Å². The van der Waals surface area contributed by atoms with Gasteiger partial charge in [0.25, 0.3) is 6.43 Å².